The topological polar surface area (TPSA) is 52.6 Å². The van der Waals surface area contributed by atoms with Crippen LogP contribution in [0.3, 0.4) is 0 Å². The average molecular weight is 517 g/mol. The molecule has 0 saturated carbocycles. The van der Waals surface area contributed by atoms with Gasteiger partial charge in [-0.1, -0.05) is 6.07 Å². The molecule has 1 saturated heterocycles. The summed E-state index contributed by atoms with van der Waals surface area (Å²) in [5, 5.41) is 8.02. The van der Waals surface area contributed by atoms with Gasteiger partial charge >= 0.3 is 0 Å². The molecule has 154 valence electrons. The summed E-state index contributed by atoms with van der Waals surface area (Å²) in [6.45, 7) is 7.55. The monoisotopic (exact) mass is 517 g/mol. The number of halogens is 2. The van der Waals surface area contributed by atoms with Gasteiger partial charge in [-0.15, -0.1) is 35.3 Å². The first-order valence-corrected chi connectivity index (χ1v) is 10.4. The van der Waals surface area contributed by atoms with E-state index in [0.29, 0.717) is 6.04 Å². The van der Waals surface area contributed by atoms with Crippen LogP contribution >= 0.6 is 35.3 Å². The Morgan fingerprint density at radius 1 is 1.36 bits per heavy atom. The number of hydrogen-bond acceptors (Lipinski definition) is 4. The molecule has 8 heteroatoms. The number of thiazole rings is 1. The molecule has 0 bridgehead atoms. The fourth-order valence-electron chi connectivity index (χ4n) is 3.25. The number of guanidine groups is 1. The van der Waals surface area contributed by atoms with Crippen LogP contribution in [0.1, 0.15) is 29.7 Å². The van der Waals surface area contributed by atoms with E-state index < -0.39 is 0 Å². The summed E-state index contributed by atoms with van der Waals surface area (Å²) >= 11 is 1.73. The molecule has 0 aliphatic carbocycles. The van der Waals surface area contributed by atoms with Gasteiger partial charge in [0.05, 0.1) is 5.01 Å². The predicted octanol–water partition coefficient (Wildman–Crippen LogP) is 3.98. The van der Waals surface area contributed by atoms with Gasteiger partial charge in [-0.05, 0) is 44.9 Å². The van der Waals surface area contributed by atoms with Crippen molar-refractivity contribution in [2.45, 2.75) is 39.2 Å². The molecule has 1 fully saturated rings. The van der Waals surface area contributed by atoms with Crippen LogP contribution in [0.15, 0.2) is 35.5 Å². The molecule has 2 N–H and O–H groups in total. The number of aryl methyl sites for hydroxylation is 1. The molecule has 2 aromatic rings. The lowest BCUT2D eigenvalue weighted by Crippen LogP contribution is -2.48. The molecule has 1 aliphatic rings. The minimum absolute atomic E-state index is 0. The summed E-state index contributed by atoms with van der Waals surface area (Å²) in [5.41, 5.74) is 0.966. The van der Waals surface area contributed by atoms with Gasteiger partial charge in [0.25, 0.3) is 0 Å². The number of nitrogens with zero attached hydrogens (tertiary/aromatic N) is 3. The van der Waals surface area contributed by atoms with E-state index in [2.05, 4.69) is 34.4 Å². The molecular formula is C20H29FIN5S. The van der Waals surface area contributed by atoms with Crippen molar-refractivity contribution in [1.29, 1.82) is 0 Å². The summed E-state index contributed by atoms with van der Waals surface area (Å²) < 4.78 is 13.4. The first kappa shape index (κ1) is 22.9. The van der Waals surface area contributed by atoms with Gasteiger partial charge in [-0.3, -0.25) is 4.99 Å². The molecule has 0 unspecified atom stereocenters. The molecule has 0 spiro atoms. The smallest absolute Gasteiger partial charge is 0.191 e. The Morgan fingerprint density at radius 3 is 2.79 bits per heavy atom. The molecule has 28 heavy (non-hydrogen) atoms. The lowest BCUT2D eigenvalue weighted by Gasteiger charge is -2.34. The van der Waals surface area contributed by atoms with Crippen molar-refractivity contribution in [1.82, 2.24) is 15.6 Å². The summed E-state index contributed by atoms with van der Waals surface area (Å²) in [5.74, 6) is 0.694. The van der Waals surface area contributed by atoms with Crippen LogP contribution in [-0.2, 0) is 6.42 Å². The number of nitrogens with one attached hydrogen (secondary N) is 2. The quantitative estimate of drug-likeness (QED) is 0.346. The maximum Gasteiger partial charge on any atom is 0.191 e. The van der Waals surface area contributed by atoms with Crippen LogP contribution in [0.2, 0.25) is 0 Å². The van der Waals surface area contributed by atoms with Crippen molar-refractivity contribution >= 4 is 47.0 Å². The zero-order chi connectivity index (χ0) is 19.1. The van der Waals surface area contributed by atoms with Crippen LogP contribution in [0.25, 0.3) is 0 Å². The van der Waals surface area contributed by atoms with Gasteiger partial charge in [-0.2, -0.15) is 0 Å². The molecule has 5 nitrogen and oxygen atoms in total. The SMILES string of the molecule is CCNC(=NCCc1ncc(C)s1)NC1CCN(c2cccc(F)c2)CC1.I. The van der Waals surface area contributed by atoms with E-state index in [1.807, 2.05) is 12.3 Å². The first-order valence-electron chi connectivity index (χ1n) is 9.60. The van der Waals surface area contributed by atoms with Crippen LogP contribution in [0, 0.1) is 12.7 Å². The van der Waals surface area contributed by atoms with E-state index >= 15 is 0 Å². The van der Waals surface area contributed by atoms with Crippen LogP contribution in [-0.4, -0.2) is 43.2 Å². The number of piperidine rings is 1. The lowest BCUT2D eigenvalue weighted by molar-refractivity contribution is 0.461. The Morgan fingerprint density at radius 2 is 2.14 bits per heavy atom. The lowest BCUT2D eigenvalue weighted by atomic mass is 10.0. The zero-order valence-electron chi connectivity index (χ0n) is 16.4. The number of rotatable bonds is 6. The Hall–Kier alpha value is -1.42. The third-order valence-electron chi connectivity index (χ3n) is 4.62. The van der Waals surface area contributed by atoms with Gasteiger partial charge in [-0.25, -0.2) is 9.37 Å². The third kappa shape index (κ3) is 6.88. The fourth-order valence-corrected chi connectivity index (χ4v) is 4.02. The number of anilines is 1. The minimum Gasteiger partial charge on any atom is -0.371 e. The highest BCUT2D eigenvalue weighted by Gasteiger charge is 2.20. The average Bonchev–Trinajstić information content (AvgIpc) is 3.08. The Kier molecular flexibility index (Phi) is 9.43. The van der Waals surface area contributed by atoms with Crippen molar-refractivity contribution in [2.24, 2.45) is 4.99 Å². The summed E-state index contributed by atoms with van der Waals surface area (Å²) in [6.07, 6.45) is 4.80. The van der Waals surface area contributed by atoms with Crippen LogP contribution in [0.5, 0.6) is 0 Å². The Bertz CT molecular complexity index is 759. The summed E-state index contributed by atoms with van der Waals surface area (Å²) in [6, 6.07) is 7.23. The second-order valence-corrected chi connectivity index (χ2v) is 8.08. The fraction of sp³-hybridized carbons (Fsp3) is 0.500. The van der Waals surface area contributed by atoms with Crippen LogP contribution < -0.4 is 15.5 Å². The maximum atomic E-state index is 13.4. The second-order valence-electron chi connectivity index (χ2n) is 6.76. The molecule has 0 amide bonds. The van der Waals surface area contributed by atoms with Crippen molar-refractivity contribution in [3.8, 4) is 0 Å². The van der Waals surface area contributed by atoms with Gasteiger partial charge in [0.1, 0.15) is 5.82 Å². The molecule has 0 atom stereocenters. The minimum atomic E-state index is -0.176. The standard InChI is InChI=1S/C20H28FN5S.HI/c1-3-22-20(23-10-7-19-24-14-15(2)27-19)25-17-8-11-26(12-9-17)18-6-4-5-16(21)13-18;/h4-6,13-14,17H,3,7-12H2,1-2H3,(H2,22,23,25);1H. The summed E-state index contributed by atoms with van der Waals surface area (Å²) in [4.78, 5) is 12.6. The molecule has 1 aliphatic heterocycles. The molecule has 1 aromatic heterocycles. The number of benzene rings is 1. The van der Waals surface area contributed by atoms with Crippen molar-refractivity contribution in [3.63, 3.8) is 0 Å². The Labute approximate surface area is 187 Å². The van der Waals surface area contributed by atoms with Crippen LogP contribution in [0.4, 0.5) is 10.1 Å². The Balaban J connectivity index is 0.00000280. The normalized spacial score (nSPS) is 15.2. The van der Waals surface area contributed by atoms with E-state index in [9.17, 15) is 4.39 Å². The van der Waals surface area contributed by atoms with Crippen molar-refractivity contribution in [2.75, 3.05) is 31.1 Å². The largest absolute Gasteiger partial charge is 0.371 e. The summed E-state index contributed by atoms with van der Waals surface area (Å²) in [7, 11) is 0. The van der Waals surface area contributed by atoms with E-state index in [0.717, 1.165) is 62.1 Å². The van der Waals surface area contributed by atoms with E-state index in [1.54, 1.807) is 23.5 Å². The molecule has 1 aromatic carbocycles. The second kappa shape index (κ2) is 11.5. The van der Waals surface area contributed by atoms with E-state index in [-0.39, 0.29) is 29.8 Å². The number of aliphatic imine (C=N–C) groups is 1. The molecule has 0 radical (unpaired) electrons. The highest BCUT2D eigenvalue weighted by atomic mass is 127. The van der Waals surface area contributed by atoms with Gasteiger partial charge in [0, 0.05) is 55.4 Å². The van der Waals surface area contributed by atoms with Gasteiger partial charge < -0.3 is 15.5 Å². The van der Waals surface area contributed by atoms with E-state index in [4.69, 9.17) is 4.99 Å². The predicted molar refractivity (Wildman–Crippen MR) is 127 cm³/mol. The van der Waals surface area contributed by atoms with E-state index in [1.165, 1.54) is 10.9 Å². The zero-order valence-corrected chi connectivity index (χ0v) is 19.6. The van der Waals surface area contributed by atoms with Gasteiger partial charge in [0.15, 0.2) is 5.96 Å². The first-order chi connectivity index (χ1) is 13.1. The number of aromatic nitrogens is 1. The highest BCUT2D eigenvalue weighted by Crippen LogP contribution is 2.20. The number of hydrogen-bond donors (Lipinski definition) is 2. The molecular weight excluding hydrogens is 488 g/mol. The highest BCUT2D eigenvalue weighted by molar-refractivity contribution is 14.0. The van der Waals surface area contributed by atoms with Gasteiger partial charge in [0.2, 0.25) is 0 Å². The van der Waals surface area contributed by atoms with Crippen molar-refractivity contribution in [3.05, 3.63) is 46.2 Å². The molecule has 2 heterocycles. The maximum absolute atomic E-state index is 13.4. The van der Waals surface area contributed by atoms with Crippen molar-refractivity contribution < 1.29 is 4.39 Å². The molecule has 3 rings (SSSR count). The third-order valence-corrected chi connectivity index (χ3v) is 5.59.